The Kier molecular flexibility index (Phi) is 2.69. The Bertz CT molecular complexity index is 327. The van der Waals surface area contributed by atoms with Gasteiger partial charge in [0.25, 0.3) is 0 Å². The number of carboxylic acid groups (broad SMARTS) is 1. The molecular formula is C8H8FNO3. The van der Waals surface area contributed by atoms with Crippen LogP contribution in [0.25, 0.3) is 0 Å². The molecule has 0 unspecified atom stereocenters. The first kappa shape index (κ1) is 9.31. The molecule has 0 aliphatic carbocycles. The summed E-state index contributed by atoms with van der Waals surface area (Å²) in [6, 6.07) is 4.21. The second kappa shape index (κ2) is 3.75. The second-order valence-corrected chi connectivity index (χ2v) is 2.25. The van der Waals surface area contributed by atoms with E-state index in [-0.39, 0.29) is 11.4 Å². The van der Waals surface area contributed by atoms with Crippen molar-refractivity contribution in [2.45, 2.75) is 0 Å². The summed E-state index contributed by atoms with van der Waals surface area (Å²) < 4.78 is 17.8. The predicted octanol–water partition coefficient (Wildman–Crippen LogP) is 1.92. The van der Waals surface area contributed by atoms with Gasteiger partial charge >= 0.3 is 6.09 Å². The van der Waals surface area contributed by atoms with Crippen LogP contribution in [0.4, 0.5) is 14.9 Å². The van der Waals surface area contributed by atoms with E-state index in [2.05, 4.69) is 4.74 Å². The number of halogens is 1. The van der Waals surface area contributed by atoms with Crippen LogP contribution in [0, 0.1) is 5.82 Å². The van der Waals surface area contributed by atoms with Crippen LogP contribution >= 0.6 is 0 Å². The number of carbonyl (C=O) groups is 1. The minimum atomic E-state index is -1.31. The van der Waals surface area contributed by atoms with Gasteiger partial charge < -0.3 is 9.84 Å². The Morgan fingerprint density at radius 2 is 2.31 bits per heavy atom. The van der Waals surface area contributed by atoms with E-state index in [0.29, 0.717) is 0 Å². The van der Waals surface area contributed by atoms with E-state index in [1.807, 2.05) is 5.32 Å². The lowest BCUT2D eigenvalue weighted by Crippen LogP contribution is -2.09. The van der Waals surface area contributed by atoms with Crippen molar-refractivity contribution >= 4 is 11.8 Å². The molecule has 2 N–H and O–H groups in total. The van der Waals surface area contributed by atoms with E-state index in [1.54, 1.807) is 0 Å². The summed E-state index contributed by atoms with van der Waals surface area (Å²) in [6.45, 7) is 0. The van der Waals surface area contributed by atoms with Gasteiger partial charge in [0.2, 0.25) is 0 Å². The maximum Gasteiger partial charge on any atom is 0.409 e. The average Bonchev–Trinajstić information content (AvgIpc) is 2.08. The average molecular weight is 185 g/mol. The van der Waals surface area contributed by atoms with Crippen LogP contribution < -0.4 is 10.1 Å². The molecule has 0 radical (unpaired) electrons. The van der Waals surface area contributed by atoms with E-state index in [0.717, 1.165) is 0 Å². The number of nitrogens with one attached hydrogen (secondary N) is 1. The fourth-order valence-corrected chi connectivity index (χ4v) is 0.880. The minimum absolute atomic E-state index is 0.00579. The van der Waals surface area contributed by atoms with Crippen molar-refractivity contribution < 1.29 is 19.0 Å². The van der Waals surface area contributed by atoms with E-state index >= 15 is 0 Å². The van der Waals surface area contributed by atoms with Crippen molar-refractivity contribution in [3.63, 3.8) is 0 Å². The number of hydrogen-bond acceptors (Lipinski definition) is 2. The summed E-state index contributed by atoms with van der Waals surface area (Å²) in [7, 11) is 1.31. The summed E-state index contributed by atoms with van der Waals surface area (Å²) >= 11 is 0. The van der Waals surface area contributed by atoms with Crippen molar-refractivity contribution in [3.8, 4) is 5.75 Å². The van der Waals surface area contributed by atoms with Crippen LogP contribution in [0.5, 0.6) is 5.75 Å². The van der Waals surface area contributed by atoms with E-state index < -0.39 is 11.9 Å². The zero-order chi connectivity index (χ0) is 9.84. The molecule has 0 atom stereocenters. The maximum absolute atomic E-state index is 13.2. The lowest BCUT2D eigenvalue weighted by atomic mass is 10.3. The van der Waals surface area contributed by atoms with Crippen LogP contribution in [0.1, 0.15) is 0 Å². The summed E-state index contributed by atoms with van der Waals surface area (Å²) in [6.07, 6.45) is -1.31. The standard InChI is InChI=1S/C8H8FNO3/c1-13-6-4-2-3-5(7(6)9)10-8(11)12/h2-4,10H,1H3,(H,11,12). The van der Waals surface area contributed by atoms with Gasteiger partial charge in [-0.15, -0.1) is 0 Å². The molecule has 1 amide bonds. The highest BCUT2D eigenvalue weighted by Gasteiger charge is 2.09. The normalized spacial score (nSPS) is 9.38. The molecule has 0 spiro atoms. The number of ether oxygens (including phenoxy) is 1. The molecule has 1 rings (SSSR count). The van der Waals surface area contributed by atoms with Crippen LogP contribution in [0.15, 0.2) is 18.2 Å². The van der Waals surface area contributed by atoms with Crippen molar-refractivity contribution in [3.05, 3.63) is 24.0 Å². The molecule has 0 aliphatic rings. The maximum atomic E-state index is 13.2. The smallest absolute Gasteiger partial charge is 0.409 e. The molecule has 4 nitrogen and oxygen atoms in total. The molecule has 1 aromatic carbocycles. The number of amides is 1. The van der Waals surface area contributed by atoms with Crippen molar-refractivity contribution in [1.82, 2.24) is 0 Å². The van der Waals surface area contributed by atoms with Gasteiger partial charge in [-0.3, -0.25) is 5.32 Å². The highest BCUT2D eigenvalue weighted by atomic mass is 19.1. The van der Waals surface area contributed by atoms with Gasteiger partial charge in [-0.05, 0) is 12.1 Å². The third-order valence-electron chi connectivity index (χ3n) is 1.42. The summed E-state index contributed by atoms with van der Waals surface area (Å²) in [5, 5.41) is 10.2. The Morgan fingerprint density at radius 3 is 2.85 bits per heavy atom. The SMILES string of the molecule is COc1cccc(NC(=O)O)c1F. The highest BCUT2D eigenvalue weighted by Crippen LogP contribution is 2.23. The minimum Gasteiger partial charge on any atom is -0.494 e. The summed E-state index contributed by atoms with van der Waals surface area (Å²) in [4.78, 5) is 10.2. The molecule has 70 valence electrons. The van der Waals surface area contributed by atoms with Crippen LogP contribution in [0.2, 0.25) is 0 Å². The number of anilines is 1. The number of hydrogen-bond donors (Lipinski definition) is 2. The zero-order valence-corrected chi connectivity index (χ0v) is 6.87. The van der Waals surface area contributed by atoms with Crippen molar-refractivity contribution in [2.75, 3.05) is 12.4 Å². The topological polar surface area (TPSA) is 58.6 Å². The number of rotatable bonds is 2. The first-order chi connectivity index (χ1) is 6.15. The lowest BCUT2D eigenvalue weighted by molar-refractivity contribution is 0.209. The molecule has 1 aromatic rings. The molecule has 13 heavy (non-hydrogen) atoms. The number of benzene rings is 1. The van der Waals surface area contributed by atoms with Crippen molar-refractivity contribution in [1.29, 1.82) is 0 Å². The monoisotopic (exact) mass is 185 g/mol. The number of methoxy groups -OCH3 is 1. The van der Waals surface area contributed by atoms with Gasteiger partial charge in [0.05, 0.1) is 12.8 Å². The Labute approximate surface area is 73.9 Å². The van der Waals surface area contributed by atoms with Crippen LogP contribution in [-0.4, -0.2) is 18.3 Å². The van der Waals surface area contributed by atoms with Crippen LogP contribution in [0.3, 0.4) is 0 Å². The lowest BCUT2D eigenvalue weighted by Gasteiger charge is -2.05. The molecule has 0 aliphatic heterocycles. The summed E-state index contributed by atoms with van der Waals surface area (Å²) in [5.74, 6) is -0.710. The van der Waals surface area contributed by atoms with E-state index in [4.69, 9.17) is 5.11 Å². The quantitative estimate of drug-likeness (QED) is 0.740. The first-order valence-corrected chi connectivity index (χ1v) is 3.47. The fourth-order valence-electron chi connectivity index (χ4n) is 0.880. The molecule has 0 fully saturated rings. The second-order valence-electron chi connectivity index (χ2n) is 2.25. The van der Waals surface area contributed by atoms with Gasteiger partial charge in [-0.2, -0.15) is 0 Å². The van der Waals surface area contributed by atoms with Crippen LogP contribution in [-0.2, 0) is 0 Å². The van der Waals surface area contributed by atoms with Crippen molar-refractivity contribution in [2.24, 2.45) is 0 Å². The van der Waals surface area contributed by atoms with Gasteiger partial charge in [0.15, 0.2) is 11.6 Å². The zero-order valence-electron chi connectivity index (χ0n) is 6.87. The third-order valence-corrected chi connectivity index (χ3v) is 1.42. The van der Waals surface area contributed by atoms with E-state index in [9.17, 15) is 9.18 Å². The van der Waals surface area contributed by atoms with E-state index in [1.165, 1.54) is 25.3 Å². The molecule has 0 bridgehead atoms. The Hall–Kier alpha value is -1.78. The molecule has 0 heterocycles. The van der Waals surface area contributed by atoms with Gasteiger partial charge in [0, 0.05) is 0 Å². The molecule has 0 saturated heterocycles. The summed E-state index contributed by atoms with van der Waals surface area (Å²) in [5.41, 5.74) is -0.119. The molecule has 5 heteroatoms. The largest absolute Gasteiger partial charge is 0.494 e. The first-order valence-electron chi connectivity index (χ1n) is 3.47. The molecular weight excluding hydrogens is 177 g/mol. The predicted molar refractivity (Wildman–Crippen MR) is 44.6 cm³/mol. The molecule has 0 aromatic heterocycles. The Morgan fingerprint density at radius 1 is 1.62 bits per heavy atom. The van der Waals surface area contributed by atoms with Gasteiger partial charge in [-0.1, -0.05) is 6.07 Å². The highest BCUT2D eigenvalue weighted by molar-refractivity contribution is 5.83. The molecule has 0 saturated carbocycles. The third kappa shape index (κ3) is 2.08. The Balaban J connectivity index is 3.01. The van der Waals surface area contributed by atoms with Gasteiger partial charge in [0.1, 0.15) is 0 Å². The van der Waals surface area contributed by atoms with Gasteiger partial charge in [-0.25, -0.2) is 9.18 Å². The fraction of sp³-hybridized carbons (Fsp3) is 0.125.